The van der Waals surface area contributed by atoms with E-state index in [2.05, 4.69) is 15.5 Å². The molecule has 0 aliphatic carbocycles. The van der Waals surface area contributed by atoms with Gasteiger partial charge in [0.25, 0.3) is 0 Å². The molecule has 0 unspecified atom stereocenters. The average molecular weight is 229 g/mol. The number of nitrogens with one attached hydrogen (secondary N) is 1. The summed E-state index contributed by atoms with van der Waals surface area (Å²) in [5, 5.41) is 20.4. The quantitative estimate of drug-likeness (QED) is 0.719. The topological polar surface area (TPSA) is 75.1 Å². The van der Waals surface area contributed by atoms with Crippen molar-refractivity contribution in [3.63, 3.8) is 0 Å². The number of aliphatic hydroxyl groups is 1. The Labute approximate surface area is 92.5 Å². The summed E-state index contributed by atoms with van der Waals surface area (Å²) in [5.74, 6) is -0.0674. The first-order valence-corrected chi connectivity index (χ1v) is 5.81. The molecule has 0 radical (unpaired) electrons. The van der Waals surface area contributed by atoms with E-state index in [-0.39, 0.29) is 12.5 Å². The largest absolute Gasteiger partial charge is 0.396 e. The molecule has 0 bridgehead atoms. The number of unbranched alkanes of at least 4 members (excludes halogenated alkanes) is 1. The van der Waals surface area contributed by atoms with Crippen LogP contribution in [-0.2, 0) is 11.2 Å². The molecule has 1 rings (SSSR count). The Balaban J connectivity index is 2.31. The summed E-state index contributed by atoms with van der Waals surface area (Å²) >= 11 is 1.40. The summed E-state index contributed by atoms with van der Waals surface area (Å²) in [6.45, 7) is 2.12. The van der Waals surface area contributed by atoms with Crippen LogP contribution >= 0.6 is 11.3 Å². The Morgan fingerprint density at radius 2 is 2.27 bits per heavy atom. The second-order valence-corrected chi connectivity index (χ2v) is 4.15. The predicted octanol–water partition coefficient (Wildman–Crippen LogP) is 1.20. The number of carbonyl (C=O) groups is 1. The maximum absolute atomic E-state index is 11.3. The molecule has 1 aromatic rings. The lowest BCUT2D eigenvalue weighted by atomic mass is 10.2. The number of rotatable bonds is 6. The third-order valence-electron chi connectivity index (χ3n) is 1.83. The second kappa shape index (κ2) is 6.47. The molecule has 84 valence electrons. The molecule has 0 saturated carbocycles. The minimum atomic E-state index is -0.0674. The summed E-state index contributed by atoms with van der Waals surface area (Å²) in [6.07, 6.45) is 2.60. The van der Waals surface area contributed by atoms with E-state index in [4.69, 9.17) is 5.11 Å². The van der Waals surface area contributed by atoms with Crippen molar-refractivity contribution in [2.45, 2.75) is 32.6 Å². The van der Waals surface area contributed by atoms with Crippen LogP contribution in [0.25, 0.3) is 0 Å². The minimum absolute atomic E-state index is 0.0674. The smallest absolute Gasteiger partial charge is 0.226 e. The van der Waals surface area contributed by atoms with Crippen molar-refractivity contribution in [3.05, 3.63) is 5.01 Å². The number of aryl methyl sites for hydroxylation is 1. The first-order valence-electron chi connectivity index (χ1n) is 4.99. The standard InChI is InChI=1S/C9H15N3O2S/c1-2-8-11-12-9(15-8)10-7(14)5-3-4-6-13/h13H,2-6H2,1H3,(H,10,12,14). The lowest BCUT2D eigenvalue weighted by Gasteiger charge is -1.99. The van der Waals surface area contributed by atoms with Crippen LogP contribution in [0.15, 0.2) is 0 Å². The van der Waals surface area contributed by atoms with Crippen LogP contribution in [0.1, 0.15) is 31.2 Å². The van der Waals surface area contributed by atoms with E-state index in [0.717, 1.165) is 11.4 Å². The van der Waals surface area contributed by atoms with Gasteiger partial charge < -0.3 is 10.4 Å². The van der Waals surface area contributed by atoms with Gasteiger partial charge in [0.2, 0.25) is 11.0 Å². The number of carbonyl (C=O) groups excluding carboxylic acids is 1. The highest BCUT2D eigenvalue weighted by Gasteiger charge is 2.06. The SMILES string of the molecule is CCc1nnc(NC(=O)CCCCO)s1. The van der Waals surface area contributed by atoms with E-state index in [1.54, 1.807) is 0 Å². The molecule has 0 saturated heterocycles. The summed E-state index contributed by atoms with van der Waals surface area (Å²) in [6, 6.07) is 0. The van der Waals surface area contributed by atoms with Gasteiger partial charge in [-0.1, -0.05) is 18.3 Å². The molecule has 0 aromatic carbocycles. The number of aliphatic hydroxyl groups excluding tert-OH is 1. The second-order valence-electron chi connectivity index (χ2n) is 3.08. The van der Waals surface area contributed by atoms with Crippen molar-refractivity contribution in [2.24, 2.45) is 0 Å². The highest BCUT2D eigenvalue weighted by Crippen LogP contribution is 2.15. The average Bonchev–Trinajstić information content (AvgIpc) is 2.66. The summed E-state index contributed by atoms with van der Waals surface area (Å²) in [7, 11) is 0. The molecule has 2 N–H and O–H groups in total. The monoisotopic (exact) mass is 229 g/mol. The molecule has 0 spiro atoms. The van der Waals surface area contributed by atoms with Crippen molar-refractivity contribution in [1.29, 1.82) is 0 Å². The van der Waals surface area contributed by atoms with E-state index < -0.39 is 0 Å². The lowest BCUT2D eigenvalue weighted by molar-refractivity contribution is -0.116. The van der Waals surface area contributed by atoms with Gasteiger partial charge in [0.1, 0.15) is 5.01 Å². The van der Waals surface area contributed by atoms with Gasteiger partial charge in [-0.25, -0.2) is 0 Å². The fraction of sp³-hybridized carbons (Fsp3) is 0.667. The maximum Gasteiger partial charge on any atom is 0.226 e. The molecule has 0 fully saturated rings. The zero-order valence-corrected chi connectivity index (χ0v) is 9.51. The Morgan fingerprint density at radius 3 is 2.87 bits per heavy atom. The minimum Gasteiger partial charge on any atom is -0.396 e. The fourth-order valence-electron chi connectivity index (χ4n) is 1.03. The van der Waals surface area contributed by atoms with Crippen LogP contribution in [0.4, 0.5) is 5.13 Å². The number of anilines is 1. The first kappa shape index (κ1) is 12.1. The Hall–Kier alpha value is -1.01. The molecule has 0 atom stereocenters. The first-order chi connectivity index (χ1) is 7.26. The fourth-order valence-corrected chi connectivity index (χ4v) is 1.72. The van der Waals surface area contributed by atoms with Crippen molar-refractivity contribution in [1.82, 2.24) is 10.2 Å². The van der Waals surface area contributed by atoms with Gasteiger partial charge in [0.15, 0.2) is 0 Å². The van der Waals surface area contributed by atoms with E-state index >= 15 is 0 Å². The summed E-state index contributed by atoms with van der Waals surface area (Å²) < 4.78 is 0. The van der Waals surface area contributed by atoms with Gasteiger partial charge in [-0.2, -0.15) is 0 Å². The zero-order chi connectivity index (χ0) is 11.1. The molecule has 5 nitrogen and oxygen atoms in total. The molecule has 6 heteroatoms. The highest BCUT2D eigenvalue weighted by molar-refractivity contribution is 7.15. The van der Waals surface area contributed by atoms with Gasteiger partial charge in [0, 0.05) is 13.0 Å². The summed E-state index contributed by atoms with van der Waals surface area (Å²) in [4.78, 5) is 11.3. The van der Waals surface area contributed by atoms with Gasteiger partial charge in [-0.05, 0) is 19.3 Å². The molecular formula is C9H15N3O2S. The number of amides is 1. The van der Waals surface area contributed by atoms with Crippen LogP contribution < -0.4 is 5.32 Å². The van der Waals surface area contributed by atoms with E-state index in [0.29, 0.717) is 24.4 Å². The van der Waals surface area contributed by atoms with Crippen molar-refractivity contribution in [2.75, 3.05) is 11.9 Å². The van der Waals surface area contributed by atoms with Crippen molar-refractivity contribution < 1.29 is 9.90 Å². The molecule has 0 aliphatic heterocycles. The van der Waals surface area contributed by atoms with Crippen LogP contribution in [0.3, 0.4) is 0 Å². The van der Waals surface area contributed by atoms with Gasteiger partial charge in [0.05, 0.1) is 0 Å². The number of hydrogen-bond acceptors (Lipinski definition) is 5. The molecule has 1 amide bonds. The predicted molar refractivity (Wildman–Crippen MR) is 58.9 cm³/mol. The molecule has 1 heterocycles. The van der Waals surface area contributed by atoms with Crippen LogP contribution in [0.2, 0.25) is 0 Å². The van der Waals surface area contributed by atoms with E-state index in [1.807, 2.05) is 6.92 Å². The Kier molecular flexibility index (Phi) is 5.20. The Bertz CT molecular complexity index is 314. The molecule has 1 aromatic heterocycles. The summed E-state index contributed by atoms with van der Waals surface area (Å²) in [5.41, 5.74) is 0. The van der Waals surface area contributed by atoms with Gasteiger partial charge in [-0.15, -0.1) is 10.2 Å². The lowest BCUT2D eigenvalue weighted by Crippen LogP contribution is -2.11. The molecular weight excluding hydrogens is 214 g/mol. The van der Waals surface area contributed by atoms with Gasteiger partial charge >= 0.3 is 0 Å². The van der Waals surface area contributed by atoms with Gasteiger partial charge in [-0.3, -0.25) is 4.79 Å². The van der Waals surface area contributed by atoms with Crippen LogP contribution in [-0.4, -0.2) is 27.8 Å². The third-order valence-corrected chi connectivity index (χ3v) is 2.81. The van der Waals surface area contributed by atoms with E-state index in [1.165, 1.54) is 11.3 Å². The zero-order valence-electron chi connectivity index (χ0n) is 8.69. The van der Waals surface area contributed by atoms with Crippen molar-refractivity contribution in [3.8, 4) is 0 Å². The Morgan fingerprint density at radius 1 is 1.47 bits per heavy atom. The van der Waals surface area contributed by atoms with Crippen LogP contribution in [0.5, 0.6) is 0 Å². The highest BCUT2D eigenvalue weighted by atomic mass is 32.1. The number of nitrogens with zero attached hydrogens (tertiary/aromatic N) is 2. The number of aromatic nitrogens is 2. The number of hydrogen-bond donors (Lipinski definition) is 2. The van der Waals surface area contributed by atoms with Crippen molar-refractivity contribution >= 4 is 22.4 Å². The molecule has 15 heavy (non-hydrogen) atoms. The van der Waals surface area contributed by atoms with E-state index in [9.17, 15) is 4.79 Å². The molecule has 0 aliphatic rings. The third kappa shape index (κ3) is 4.35. The van der Waals surface area contributed by atoms with Crippen LogP contribution in [0, 0.1) is 0 Å². The maximum atomic E-state index is 11.3. The normalized spacial score (nSPS) is 10.3.